The van der Waals surface area contributed by atoms with Crippen LogP contribution in [0.2, 0.25) is 0 Å². The lowest BCUT2D eigenvalue weighted by Crippen LogP contribution is -2.38. The molecule has 108 valence electrons. The molecule has 0 saturated heterocycles. The van der Waals surface area contributed by atoms with E-state index in [9.17, 15) is 4.79 Å². The summed E-state index contributed by atoms with van der Waals surface area (Å²) in [5.41, 5.74) is 7.07. The van der Waals surface area contributed by atoms with E-state index in [1.165, 1.54) is 0 Å². The highest BCUT2D eigenvalue weighted by Crippen LogP contribution is 2.26. The molecule has 0 saturated carbocycles. The molecule has 4 nitrogen and oxygen atoms in total. The summed E-state index contributed by atoms with van der Waals surface area (Å²) < 4.78 is 0. The Labute approximate surface area is 121 Å². The molecular weight excluding hydrogens is 250 g/mol. The van der Waals surface area contributed by atoms with E-state index in [4.69, 9.17) is 11.0 Å². The van der Waals surface area contributed by atoms with Crippen molar-refractivity contribution in [1.82, 2.24) is 0 Å². The number of carbonyl (C=O) groups is 1. The molecule has 0 aromatic heterocycles. The average Bonchev–Trinajstić information content (AvgIpc) is 2.42. The lowest BCUT2D eigenvalue weighted by Gasteiger charge is -2.28. The highest BCUT2D eigenvalue weighted by atomic mass is 16.2. The lowest BCUT2D eigenvalue weighted by molar-refractivity contribution is -0.122. The summed E-state index contributed by atoms with van der Waals surface area (Å²) in [5, 5.41) is 8.92. The van der Waals surface area contributed by atoms with E-state index in [-0.39, 0.29) is 17.2 Å². The van der Waals surface area contributed by atoms with E-state index in [0.29, 0.717) is 12.1 Å². The molecular formula is C16H23N3O. The normalized spacial score (nSPS) is 12.6. The van der Waals surface area contributed by atoms with Crippen molar-refractivity contribution in [2.24, 2.45) is 17.1 Å². The number of hydrogen-bond acceptors (Lipinski definition) is 3. The number of rotatable bonds is 4. The maximum absolute atomic E-state index is 12.5. The molecule has 0 aliphatic carbocycles. The minimum Gasteiger partial charge on any atom is -0.330 e. The number of nitrogens with zero attached hydrogens (tertiary/aromatic N) is 2. The van der Waals surface area contributed by atoms with Gasteiger partial charge in [0.05, 0.1) is 17.6 Å². The van der Waals surface area contributed by atoms with Crippen LogP contribution in [0.1, 0.15) is 32.8 Å². The molecule has 0 aliphatic heterocycles. The van der Waals surface area contributed by atoms with Crippen molar-refractivity contribution in [2.75, 3.05) is 18.5 Å². The van der Waals surface area contributed by atoms with E-state index in [1.807, 2.05) is 6.07 Å². The van der Waals surface area contributed by atoms with E-state index in [1.54, 1.807) is 30.1 Å². The van der Waals surface area contributed by atoms with Gasteiger partial charge >= 0.3 is 0 Å². The smallest absolute Gasteiger partial charge is 0.231 e. The summed E-state index contributed by atoms with van der Waals surface area (Å²) in [6, 6.07) is 9.11. The molecule has 0 bridgehead atoms. The van der Waals surface area contributed by atoms with Crippen LogP contribution in [0.25, 0.3) is 0 Å². The zero-order chi connectivity index (χ0) is 15.3. The lowest BCUT2D eigenvalue weighted by atomic mass is 9.84. The maximum atomic E-state index is 12.5. The number of anilines is 1. The van der Waals surface area contributed by atoms with Crippen molar-refractivity contribution < 1.29 is 4.79 Å². The molecule has 1 rings (SSSR count). The molecule has 4 heteroatoms. The SMILES string of the molecule is CN(C(=O)C(CN)CC(C)(C)C)c1cccc(C#N)c1. The van der Waals surface area contributed by atoms with E-state index in [0.717, 1.165) is 12.1 Å². The van der Waals surface area contributed by atoms with Crippen LogP contribution < -0.4 is 10.6 Å². The third-order valence-corrected chi connectivity index (χ3v) is 3.19. The Morgan fingerprint density at radius 3 is 2.60 bits per heavy atom. The van der Waals surface area contributed by atoms with Gasteiger partial charge in [-0.3, -0.25) is 4.79 Å². The molecule has 0 radical (unpaired) electrons. The number of nitriles is 1. The van der Waals surface area contributed by atoms with Crippen LogP contribution in [-0.2, 0) is 4.79 Å². The van der Waals surface area contributed by atoms with Crippen LogP contribution in [0.15, 0.2) is 24.3 Å². The number of carbonyl (C=O) groups excluding carboxylic acids is 1. The molecule has 0 fully saturated rings. The van der Waals surface area contributed by atoms with Gasteiger partial charge in [0.15, 0.2) is 0 Å². The summed E-state index contributed by atoms with van der Waals surface area (Å²) in [6.07, 6.45) is 0.741. The largest absolute Gasteiger partial charge is 0.330 e. The van der Waals surface area contributed by atoms with E-state index in [2.05, 4.69) is 26.8 Å². The van der Waals surface area contributed by atoms with Crippen LogP contribution >= 0.6 is 0 Å². The molecule has 2 N–H and O–H groups in total. The molecule has 20 heavy (non-hydrogen) atoms. The summed E-state index contributed by atoms with van der Waals surface area (Å²) >= 11 is 0. The van der Waals surface area contributed by atoms with Crippen LogP contribution in [0, 0.1) is 22.7 Å². The van der Waals surface area contributed by atoms with Crippen molar-refractivity contribution in [3.63, 3.8) is 0 Å². The van der Waals surface area contributed by atoms with Gasteiger partial charge in [0, 0.05) is 19.3 Å². The summed E-state index contributed by atoms with van der Waals surface area (Å²) in [5.74, 6) is -0.205. The quantitative estimate of drug-likeness (QED) is 0.916. The van der Waals surface area contributed by atoms with Gasteiger partial charge in [0.1, 0.15) is 0 Å². The highest BCUT2D eigenvalue weighted by Gasteiger charge is 2.26. The zero-order valence-corrected chi connectivity index (χ0v) is 12.7. The Morgan fingerprint density at radius 2 is 2.10 bits per heavy atom. The van der Waals surface area contributed by atoms with Gasteiger partial charge in [-0.05, 0) is 30.0 Å². The molecule has 0 heterocycles. The monoisotopic (exact) mass is 273 g/mol. The maximum Gasteiger partial charge on any atom is 0.231 e. The molecule has 0 aliphatic rings. The van der Waals surface area contributed by atoms with Crippen molar-refractivity contribution in [3.8, 4) is 6.07 Å². The van der Waals surface area contributed by atoms with Gasteiger partial charge in [-0.25, -0.2) is 0 Å². The van der Waals surface area contributed by atoms with Crippen LogP contribution in [0.5, 0.6) is 0 Å². The highest BCUT2D eigenvalue weighted by molar-refractivity contribution is 5.94. The third-order valence-electron chi connectivity index (χ3n) is 3.19. The van der Waals surface area contributed by atoms with E-state index >= 15 is 0 Å². The van der Waals surface area contributed by atoms with Crippen molar-refractivity contribution in [1.29, 1.82) is 5.26 Å². The average molecular weight is 273 g/mol. The Kier molecular flexibility index (Phi) is 5.29. The fourth-order valence-electron chi connectivity index (χ4n) is 2.20. The molecule has 1 unspecified atom stereocenters. The predicted octanol–water partition coefficient (Wildman–Crippen LogP) is 2.53. The Morgan fingerprint density at radius 1 is 1.45 bits per heavy atom. The predicted molar refractivity (Wildman–Crippen MR) is 81.2 cm³/mol. The van der Waals surface area contributed by atoms with Gasteiger partial charge < -0.3 is 10.6 Å². The minimum absolute atomic E-state index is 0.00230. The minimum atomic E-state index is -0.203. The second-order valence-corrected chi connectivity index (χ2v) is 6.26. The first-order chi connectivity index (χ1) is 9.28. The summed E-state index contributed by atoms with van der Waals surface area (Å²) in [7, 11) is 1.73. The number of hydrogen-bond donors (Lipinski definition) is 1. The molecule has 1 aromatic rings. The molecule has 1 aromatic carbocycles. The van der Waals surface area contributed by atoms with Crippen molar-refractivity contribution in [3.05, 3.63) is 29.8 Å². The van der Waals surface area contributed by atoms with Gasteiger partial charge in [0.2, 0.25) is 5.91 Å². The molecule has 1 atom stereocenters. The van der Waals surface area contributed by atoms with Crippen LogP contribution in [-0.4, -0.2) is 19.5 Å². The second kappa shape index (κ2) is 6.53. The van der Waals surface area contributed by atoms with Gasteiger partial charge in [-0.1, -0.05) is 26.8 Å². The Bertz CT molecular complexity index is 511. The molecule has 0 spiro atoms. The fraction of sp³-hybridized carbons (Fsp3) is 0.500. The molecule has 1 amide bonds. The second-order valence-electron chi connectivity index (χ2n) is 6.26. The summed E-state index contributed by atoms with van der Waals surface area (Å²) in [6.45, 7) is 6.62. The standard InChI is InChI=1S/C16H23N3O/c1-16(2,3)9-13(11-18)15(20)19(4)14-7-5-6-12(8-14)10-17/h5-8,13H,9,11,18H2,1-4H3. The summed E-state index contributed by atoms with van der Waals surface area (Å²) in [4.78, 5) is 14.1. The van der Waals surface area contributed by atoms with Crippen molar-refractivity contribution in [2.45, 2.75) is 27.2 Å². The Balaban J connectivity index is 2.91. The topological polar surface area (TPSA) is 70.1 Å². The fourth-order valence-corrected chi connectivity index (χ4v) is 2.20. The van der Waals surface area contributed by atoms with Gasteiger partial charge in [-0.2, -0.15) is 5.26 Å². The van der Waals surface area contributed by atoms with Gasteiger partial charge in [-0.15, -0.1) is 0 Å². The number of benzene rings is 1. The Hall–Kier alpha value is -1.86. The first-order valence-corrected chi connectivity index (χ1v) is 6.76. The number of amides is 1. The first-order valence-electron chi connectivity index (χ1n) is 6.76. The van der Waals surface area contributed by atoms with Gasteiger partial charge in [0.25, 0.3) is 0 Å². The van der Waals surface area contributed by atoms with Crippen LogP contribution in [0.4, 0.5) is 5.69 Å². The zero-order valence-electron chi connectivity index (χ0n) is 12.7. The number of nitrogens with two attached hydrogens (primary N) is 1. The third kappa shape index (κ3) is 4.36. The van der Waals surface area contributed by atoms with Crippen LogP contribution in [0.3, 0.4) is 0 Å². The van der Waals surface area contributed by atoms with E-state index < -0.39 is 0 Å². The first kappa shape index (κ1) is 16.2. The van der Waals surface area contributed by atoms with Crippen molar-refractivity contribution >= 4 is 11.6 Å².